The zero-order valence-electron chi connectivity index (χ0n) is 13.5. The molecule has 0 unspecified atom stereocenters. The summed E-state index contributed by atoms with van der Waals surface area (Å²) in [6.07, 6.45) is 8.85. The lowest BCUT2D eigenvalue weighted by Gasteiger charge is -2.08. The summed E-state index contributed by atoms with van der Waals surface area (Å²) in [4.78, 5) is 1.51. The van der Waals surface area contributed by atoms with Crippen LogP contribution in [0.5, 0.6) is 0 Å². The van der Waals surface area contributed by atoms with E-state index in [1.54, 1.807) is 0 Å². The largest absolute Gasteiger partial charge is 0.126 e. The molecule has 0 aliphatic carbocycles. The van der Waals surface area contributed by atoms with Crippen molar-refractivity contribution in [3.05, 3.63) is 76.7 Å². The number of hydrogen-bond acceptors (Lipinski definition) is 1. The summed E-state index contributed by atoms with van der Waals surface area (Å²) in [6.45, 7) is 2.27. The molecule has 0 atom stereocenters. The Morgan fingerprint density at radius 3 is 2.23 bits per heavy atom. The number of allylic oxidation sites excluding steroid dienone is 1. The first-order valence-electron chi connectivity index (χ1n) is 8.31. The van der Waals surface area contributed by atoms with Crippen molar-refractivity contribution in [2.75, 3.05) is 0 Å². The van der Waals surface area contributed by atoms with E-state index in [-0.39, 0.29) is 0 Å². The molecule has 0 radical (unpaired) electrons. The normalized spacial score (nSPS) is 11.6. The maximum absolute atomic E-state index is 2.36. The van der Waals surface area contributed by atoms with Crippen LogP contribution in [0.3, 0.4) is 0 Å². The van der Waals surface area contributed by atoms with Crippen molar-refractivity contribution in [1.82, 2.24) is 0 Å². The molecule has 0 fully saturated rings. The standard InChI is InChI=1S/C21H26S/c1-2-3-4-11-16-21(17-19-12-7-5-8-13-19)22-18-20-14-9-6-10-15-20/h5-10,12-15,17H,2-4,11,16,18H2,1H3/b21-17-. The molecule has 0 aliphatic rings. The monoisotopic (exact) mass is 310 g/mol. The van der Waals surface area contributed by atoms with Crippen LogP contribution in [0.15, 0.2) is 65.6 Å². The molecule has 0 saturated carbocycles. The molecule has 0 nitrogen and oxygen atoms in total. The zero-order valence-corrected chi connectivity index (χ0v) is 14.3. The van der Waals surface area contributed by atoms with Crippen LogP contribution in [0.1, 0.15) is 50.2 Å². The first-order chi connectivity index (χ1) is 10.9. The molecule has 1 heteroatoms. The minimum absolute atomic E-state index is 1.06. The average molecular weight is 311 g/mol. The van der Waals surface area contributed by atoms with Crippen molar-refractivity contribution >= 4 is 17.8 Å². The Balaban J connectivity index is 1.96. The van der Waals surface area contributed by atoms with E-state index < -0.39 is 0 Å². The molecule has 0 aliphatic heterocycles. The highest BCUT2D eigenvalue weighted by molar-refractivity contribution is 8.02. The van der Waals surface area contributed by atoms with Gasteiger partial charge >= 0.3 is 0 Å². The third kappa shape index (κ3) is 6.53. The summed E-state index contributed by atoms with van der Waals surface area (Å²) in [5.41, 5.74) is 2.72. The topological polar surface area (TPSA) is 0 Å². The lowest BCUT2D eigenvalue weighted by atomic mass is 10.1. The molecule has 2 aromatic carbocycles. The van der Waals surface area contributed by atoms with Crippen molar-refractivity contribution in [3.8, 4) is 0 Å². The molecule has 2 aromatic rings. The van der Waals surface area contributed by atoms with Gasteiger partial charge in [-0.15, -0.1) is 11.8 Å². The Kier molecular flexibility index (Phi) is 7.90. The third-order valence-electron chi connectivity index (χ3n) is 3.67. The number of benzene rings is 2. The summed E-state index contributed by atoms with van der Waals surface area (Å²) in [5, 5.41) is 0. The molecular weight excluding hydrogens is 284 g/mol. The van der Waals surface area contributed by atoms with E-state index in [0.29, 0.717) is 0 Å². The predicted octanol–water partition coefficient (Wildman–Crippen LogP) is 6.93. The smallest absolute Gasteiger partial charge is 0.0228 e. The molecule has 0 heterocycles. The van der Waals surface area contributed by atoms with Crippen LogP contribution in [0.25, 0.3) is 6.08 Å². The molecule has 2 rings (SSSR count). The van der Waals surface area contributed by atoms with Crippen LogP contribution in [0.2, 0.25) is 0 Å². The maximum atomic E-state index is 2.36. The van der Waals surface area contributed by atoms with Gasteiger partial charge in [-0.1, -0.05) is 86.8 Å². The molecular formula is C21H26S. The van der Waals surface area contributed by atoms with Crippen LogP contribution in [-0.4, -0.2) is 0 Å². The van der Waals surface area contributed by atoms with Gasteiger partial charge in [-0.05, 0) is 34.9 Å². The van der Waals surface area contributed by atoms with E-state index in [9.17, 15) is 0 Å². The van der Waals surface area contributed by atoms with Gasteiger partial charge in [0.15, 0.2) is 0 Å². The minimum Gasteiger partial charge on any atom is -0.126 e. The molecule has 0 saturated heterocycles. The minimum atomic E-state index is 1.06. The first-order valence-corrected chi connectivity index (χ1v) is 9.29. The third-order valence-corrected chi connectivity index (χ3v) is 4.84. The van der Waals surface area contributed by atoms with Gasteiger partial charge < -0.3 is 0 Å². The second-order valence-corrected chi connectivity index (χ2v) is 6.71. The van der Waals surface area contributed by atoms with Gasteiger partial charge in [0.25, 0.3) is 0 Å². The van der Waals surface area contributed by atoms with Gasteiger partial charge in [-0.3, -0.25) is 0 Å². The molecule has 0 spiro atoms. The van der Waals surface area contributed by atoms with Crippen molar-refractivity contribution in [2.24, 2.45) is 0 Å². The van der Waals surface area contributed by atoms with Gasteiger partial charge in [0.05, 0.1) is 0 Å². The highest BCUT2D eigenvalue weighted by atomic mass is 32.2. The number of unbranched alkanes of at least 4 members (excludes halogenated alkanes) is 3. The Morgan fingerprint density at radius 1 is 0.864 bits per heavy atom. The van der Waals surface area contributed by atoms with Gasteiger partial charge in [0.1, 0.15) is 0 Å². The second-order valence-electron chi connectivity index (χ2n) is 5.61. The highest BCUT2D eigenvalue weighted by Gasteiger charge is 2.01. The maximum Gasteiger partial charge on any atom is 0.0228 e. The highest BCUT2D eigenvalue weighted by Crippen LogP contribution is 2.28. The van der Waals surface area contributed by atoms with E-state index >= 15 is 0 Å². The molecule has 116 valence electrons. The second kappa shape index (κ2) is 10.3. The SMILES string of the molecule is CCCCCC/C(=C/c1ccccc1)SCc1ccccc1. The van der Waals surface area contributed by atoms with Crippen LogP contribution >= 0.6 is 11.8 Å². The fourth-order valence-corrected chi connectivity index (χ4v) is 3.45. The van der Waals surface area contributed by atoms with Gasteiger partial charge in [-0.25, -0.2) is 0 Å². The van der Waals surface area contributed by atoms with Crippen molar-refractivity contribution in [3.63, 3.8) is 0 Å². The quantitative estimate of drug-likeness (QED) is 0.452. The number of thioether (sulfide) groups is 1. The summed E-state index contributed by atoms with van der Waals surface area (Å²) in [7, 11) is 0. The predicted molar refractivity (Wildman–Crippen MR) is 101 cm³/mol. The Hall–Kier alpha value is -1.47. The Labute approximate surface area is 139 Å². The fraction of sp³-hybridized carbons (Fsp3) is 0.333. The van der Waals surface area contributed by atoms with E-state index in [1.807, 2.05) is 11.8 Å². The summed E-state index contributed by atoms with van der Waals surface area (Å²) < 4.78 is 0. The average Bonchev–Trinajstić information content (AvgIpc) is 2.58. The van der Waals surface area contributed by atoms with Crippen LogP contribution in [-0.2, 0) is 5.75 Å². The van der Waals surface area contributed by atoms with E-state index in [1.165, 1.54) is 48.1 Å². The summed E-state index contributed by atoms with van der Waals surface area (Å²) in [5.74, 6) is 1.06. The van der Waals surface area contributed by atoms with Crippen LogP contribution < -0.4 is 0 Å². The van der Waals surface area contributed by atoms with Gasteiger partial charge in [0.2, 0.25) is 0 Å². The van der Waals surface area contributed by atoms with E-state index in [4.69, 9.17) is 0 Å². The molecule has 0 amide bonds. The number of hydrogen-bond donors (Lipinski definition) is 0. The lowest BCUT2D eigenvalue weighted by Crippen LogP contribution is -1.85. The van der Waals surface area contributed by atoms with E-state index in [2.05, 4.69) is 73.7 Å². The van der Waals surface area contributed by atoms with Gasteiger partial charge in [0, 0.05) is 5.75 Å². The zero-order chi connectivity index (χ0) is 15.5. The first kappa shape index (κ1) is 16.9. The lowest BCUT2D eigenvalue weighted by molar-refractivity contribution is 0.673. The molecule has 0 bridgehead atoms. The Bertz CT molecular complexity index is 543. The fourth-order valence-electron chi connectivity index (χ4n) is 2.40. The van der Waals surface area contributed by atoms with Crippen molar-refractivity contribution in [1.29, 1.82) is 0 Å². The molecule has 0 N–H and O–H groups in total. The summed E-state index contributed by atoms with van der Waals surface area (Å²) in [6, 6.07) is 21.4. The van der Waals surface area contributed by atoms with Crippen molar-refractivity contribution in [2.45, 2.75) is 44.8 Å². The number of rotatable bonds is 9. The van der Waals surface area contributed by atoms with E-state index in [0.717, 1.165) is 5.75 Å². The molecule has 0 aromatic heterocycles. The van der Waals surface area contributed by atoms with Crippen LogP contribution in [0, 0.1) is 0 Å². The molecule has 22 heavy (non-hydrogen) atoms. The Morgan fingerprint density at radius 2 is 1.55 bits per heavy atom. The van der Waals surface area contributed by atoms with Gasteiger partial charge in [-0.2, -0.15) is 0 Å². The summed E-state index contributed by atoms with van der Waals surface area (Å²) >= 11 is 1.99. The van der Waals surface area contributed by atoms with Crippen LogP contribution in [0.4, 0.5) is 0 Å². The van der Waals surface area contributed by atoms with Crippen molar-refractivity contribution < 1.29 is 0 Å².